The highest BCUT2D eigenvalue weighted by Crippen LogP contribution is 2.29. The highest BCUT2D eigenvalue weighted by atomic mass is 32.2. The molecule has 114 valence electrons. The van der Waals surface area contributed by atoms with Gasteiger partial charge in [0.1, 0.15) is 5.25 Å². The molecule has 0 saturated carbocycles. The zero-order valence-electron chi connectivity index (χ0n) is 12.5. The minimum absolute atomic E-state index is 0.184. The van der Waals surface area contributed by atoms with Gasteiger partial charge in [-0.15, -0.1) is 11.3 Å². The lowest BCUT2D eigenvalue weighted by Gasteiger charge is -2.19. The van der Waals surface area contributed by atoms with Crippen molar-refractivity contribution in [2.45, 2.75) is 57.9 Å². The van der Waals surface area contributed by atoms with E-state index in [0.29, 0.717) is 13.0 Å². The Balaban J connectivity index is 2.12. The topological polar surface area (TPSA) is 55.4 Å². The van der Waals surface area contributed by atoms with Crippen LogP contribution in [0.2, 0.25) is 0 Å². The van der Waals surface area contributed by atoms with Gasteiger partial charge in [0, 0.05) is 16.4 Å². The van der Waals surface area contributed by atoms with Gasteiger partial charge in [-0.25, -0.2) is 13.1 Å². The molecule has 0 spiro atoms. The molecule has 2 heterocycles. The second kappa shape index (κ2) is 6.13. The van der Waals surface area contributed by atoms with E-state index in [1.165, 1.54) is 10.4 Å². The smallest absolute Gasteiger partial charge is 0.217 e. The first-order valence-electron chi connectivity index (χ1n) is 7.07. The predicted molar refractivity (Wildman–Crippen MR) is 82.7 cm³/mol. The highest BCUT2D eigenvalue weighted by molar-refractivity contribution is 7.90. The molecule has 2 rings (SSSR count). The first-order valence-corrected chi connectivity index (χ1v) is 9.43. The van der Waals surface area contributed by atoms with Crippen LogP contribution in [0.1, 0.15) is 48.6 Å². The van der Waals surface area contributed by atoms with Crippen molar-refractivity contribution in [2.24, 2.45) is 0 Å². The number of sulfonamides is 1. The summed E-state index contributed by atoms with van der Waals surface area (Å²) in [6.07, 6.45) is 1.34. The molecule has 0 aromatic carbocycles. The van der Waals surface area contributed by atoms with E-state index >= 15 is 0 Å². The summed E-state index contributed by atoms with van der Waals surface area (Å²) in [6, 6.07) is 1.91. The molecule has 1 aromatic heterocycles. The van der Waals surface area contributed by atoms with Gasteiger partial charge in [-0.1, -0.05) is 6.92 Å². The van der Waals surface area contributed by atoms with Crippen LogP contribution in [0.4, 0.5) is 0 Å². The molecule has 20 heavy (non-hydrogen) atoms. The first kappa shape index (κ1) is 15.9. The Morgan fingerprint density at radius 2 is 2.25 bits per heavy atom. The van der Waals surface area contributed by atoms with Crippen molar-refractivity contribution < 1.29 is 13.2 Å². The number of nitrogens with one attached hydrogen (secondary N) is 1. The van der Waals surface area contributed by atoms with E-state index in [1.54, 1.807) is 11.3 Å². The van der Waals surface area contributed by atoms with Crippen molar-refractivity contribution in [2.75, 3.05) is 6.61 Å². The second-order valence-electron chi connectivity index (χ2n) is 5.40. The van der Waals surface area contributed by atoms with Gasteiger partial charge in [0.05, 0.1) is 12.1 Å². The van der Waals surface area contributed by atoms with Crippen LogP contribution in [0.25, 0.3) is 0 Å². The summed E-state index contributed by atoms with van der Waals surface area (Å²) in [6.45, 7) is 8.45. The van der Waals surface area contributed by atoms with Crippen molar-refractivity contribution in [1.82, 2.24) is 4.72 Å². The molecule has 0 amide bonds. The normalized spacial score (nSPS) is 25.0. The number of hydrogen-bond acceptors (Lipinski definition) is 4. The van der Waals surface area contributed by atoms with Gasteiger partial charge in [-0.3, -0.25) is 0 Å². The Morgan fingerprint density at radius 1 is 1.55 bits per heavy atom. The number of ether oxygens (including phenoxy) is 1. The molecule has 1 N–H and O–H groups in total. The van der Waals surface area contributed by atoms with E-state index in [9.17, 15) is 8.42 Å². The summed E-state index contributed by atoms with van der Waals surface area (Å²) < 4.78 is 33.0. The SMILES string of the molecule is CCc1sc(C(C)NS(=O)(=O)C2CCOC2C)cc1C. The van der Waals surface area contributed by atoms with E-state index < -0.39 is 15.3 Å². The molecule has 6 heteroatoms. The predicted octanol–water partition coefficient (Wildman–Crippen LogP) is 2.78. The van der Waals surface area contributed by atoms with Gasteiger partial charge < -0.3 is 4.74 Å². The molecule has 3 atom stereocenters. The van der Waals surface area contributed by atoms with Crippen LogP contribution in [-0.2, 0) is 21.2 Å². The van der Waals surface area contributed by atoms with Crippen LogP contribution in [0.3, 0.4) is 0 Å². The van der Waals surface area contributed by atoms with Gasteiger partial charge in [-0.05, 0) is 45.2 Å². The molecule has 0 aliphatic carbocycles. The van der Waals surface area contributed by atoms with Crippen molar-refractivity contribution in [1.29, 1.82) is 0 Å². The maximum absolute atomic E-state index is 12.4. The van der Waals surface area contributed by atoms with Crippen molar-refractivity contribution >= 4 is 21.4 Å². The Bertz CT molecular complexity index is 565. The van der Waals surface area contributed by atoms with E-state index in [0.717, 1.165) is 11.3 Å². The van der Waals surface area contributed by atoms with E-state index in [-0.39, 0.29) is 12.1 Å². The lowest BCUT2D eigenvalue weighted by atomic mass is 10.2. The molecule has 1 aliphatic rings. The fraction of sp³-hybridized carbons (Fsp3) is 0.714. The monoisotopic (exact) mass is 317 g/mol. The maximum atomic E-state index is 12.4. The van der Waals surface area contributed by atoms with Crippen LogP contribution in [0, 0.1) is 6.92 Å². The molecule has 4 nitrogen and oxygen atoms in total. The Hall–Kier alpha value is -0.430. The Labute approximate surface area is 125 Å². The molecule has 1 saturated heterocycles. The average Bonchev–Trinajstić information content (AvgIpc) is 2.94. The summed E-state index contributed by atoms with van der Waals surface area (Å²) in [5, 5.41) is -0.434. The number of thiophene rings is 1. The summed E-state index contributed by atoms with van der Waals surface area (Å²) in [4.78, 5) is 2.40. The summed E-state index contributed by atoms with van der Waals surface area (Å²) in [5.74, 6) is 0. The second-order valence-corrected chi connectivity index (χ2v) is 8.50. The fourth-order valence-corrected chi connectivity index (χ4v) is 5.60. The van der Waals surface area contributed by atoms with Gasteiger partial charge in [0.15, 0.2) is 0 Å². The van der Waals surface area contributed by atoms with Gasteiger partial charge in [0.2, 0.25) is 10.0 Å². The van der Waals surface area contributed by atoms with Crippen LogP contribution >= 0.6 is 11.3 Å². The molecular weight excluding hydrogens is 294 g/mol. The number of aryl methyl sites for hydroxylation is 2. The lowest BCUT2D eigenvalue weighted by Crippen LogP contribution is -2.39. The third kappa shape index (κ3) is 3.24. The minimum Gasteiger partial charge on any atom is -0.377 e. The molecule has 1 aromatic rings. The summed E-state index contributed by atoms with van der Waals surface area (Å²) in [7, 11) is -3.34. The van der Waals surface area contributed by atoms with Crippen molar-refractivity contribution in [3.8, 4) is 0 Å². The maximum Gasteiger partial charge on any atom is 0.217 e. The lowest BCUT2D eigenvalue weighted by molar-refractivity contribution is 0.126. The van der Waals surface area contributed by atoms with E-state index in [4.69, 9.17) is 4.74 Å². The largest absolute Gasteiger partial charge is 0.377 e. The number of hydrogen-bond donors (Lipinski definition) is 1. The van der Waals surface area contributed by atoms with Gasteiger partial charge in [0.25, 0.3) is 0 Å². The van der Waals surface area contributed by atoms with Crippen LogP contribution in [0.15, 0.2) is 6.07 Å². The zero-order chi connectivity index (χ0) is 14.9. The third-order valence-corrected chi connectivity index (χ3v) is 7.50. The molecule has 1 fully saturated rings. The Morgan fingerprint density at radius 3 is 2.75 bits per heavy atom. The quantitative estimate of drug-likeness (QED) is 0.908. The van der Waals surface area contributed by atoms with E-state index in [1.807, 2.05) is 13.8 Å². The fourth-order valence-electron chi connectivity index (χ4n) is 2.62. The molecule has 0 radical (unpaired) electrons. The van der Waals surface area contributed by atoms with Gasteiger partial charge >= 0.3 is 0 Å². The Kier molecular flexibility index (Phi) is 4.89. The standard InChI is InChI=1S/C14H23NO3S2/c1-5-12-9(2)8-13(19-12)10(3)15-20(16,17)14-6-7-18-11(14)4/h8,10-11,14-15H,5-7H2,1-4H3. The molecule has 0 bridgehead atoms. The van der Waals surface area contributed by atoms with Crippen LogP contribution < -0.4 is 4.72 Å². The minimum atomic E-state index is -3.34. The zero-order valence-corrected chi connectivity index (χ0v) is 14.1. The summed E-state index contributed by atoms with van der Waals surface area (Å²) >= 11 is 1.69. The molecule has 3 unspecified atom stereocenters. The summed E-state index contributed by atoms with van der Waals surface area (Å²) in [5.41, 5.74) is 1.25. The first-order chi connectivity index (χ1) is 9.35. The molecule has 1 aliphatic heterocycles. The van der Waals surface area contributed by atoms with E-state index in [2.05, 4.69) is 24.6 Å². The third-order valence-electron chi connectivity index (χ3n) is 3.83. The highest BCUT2D eigenvalue weighted by Gasteiger charge is 2.36. The van der Waals surface area contributed by atoms with Crippen LogP contribution in [0.5, 0.6) is 0 Å². The molecular formula is C14H23NO3S2. The number of rotatable bonds is 5. The van der Waals surface area contributed by atoms with Crippen molar-refractivity contribution in [3.05, 3.63) is 21.4 Å². The van der Waals surface area contributed by atoms with Crippen LogP contribution in [-0.4, -0.2) is 26.4 Å². The van der Waals surface area contributed by atoms with Gasteiger partial charge in [-0.2, -0.15) is 0 Å². The average molecular weight is 317 g/mol. The van der Waals surface area contributed by atoms with Crippen molar-refractivity contribution in [3.63, 3.8) is 0 Å².